The van der Waals surface area contributed by atoms with E-state index >= 15 is 0 Å². The molecule has 19 heavy (non-hydrogen) atoms. The Hall–Kier alpha value is 0.310. The van der Waals surface area contributed by atoms with Crippen molar-refractivity contribution in [3.05, 3.63) is 0 Å². The molecule has 2 fully saturated rings. The van der Waals surface area contributed by atoms with E-state index in [1.165, 1.54) is 43.6 Å². The third kappa shape index (κ3) is 4.39. The molecule has 0 bridgehead atoms. The van der Waals surface area contributed by atoms with E-state index in [2.05, 4.69) is 51.7 Å². The van der Waals surface area contributed by atoms with Gasteiger partial charge in [0.25, 0.3) is 0 Å². The van der Waals surface area contributed by atoms with Crippen LogP contribution >= 0.6 is 11.8 Å². The van der Waals surface area contributed by atoms with Crippen LogP contribution in [0.4, 0.5) is 0 Å². The van der Waals surface area contributed by atoms with Crippen molar-refractivity contribution in [3.63, 3.8) is 0 Å². The van der Waals surface area contributed by atoms with Gasteiger partial charge in [0, 0.05) is 17.8 Å². The van der Waals surface area contributed by atoms with Crippen LogP contribution in [0.3, 0.4) is 0 Å². The lowest BCUT2D eigenvalue weighted by Gasteiger charge is -2.44. The summed E-state index contributed by atoms with van der Waals surface area (Å²) in [7, 11) is 0. The third-order valence-electron chi connectivity index (χ3n) is 4.94. The monoisotopic (exact) mass is 283 g/mol. The Labute approximate surface area is 124 Å². The zero-order chi connectivity index (χ0) is 14.1. The summed E-state index contributed by atoms with van der Waals surface area (Å²) >= 11 is 2.14. The van der Waals surface area contributed by atoms with Gasteiger partial charge in [-0.2, -0.15) is 11.8 Å². The van der Waals surface area contributed by atoms with Gasteiger partial charge >= 0.3 is 0 Å². The smallest absolute Gasteiger partial charge is 0.0166 e. The van der Waals surface area contributed by atoms with Gasteiger partial charge in [-0.15, -0.1) is 0 Å². The average molecular weight is 284 g/mol. The number of hydrogen-bond acceptors (Lipinski definition) is 2. The van der Waals surface area contributed by atoms with E-state index in [9.17, 15) is 0 Å². The number of hydrogen-bond donors (Lipinski definition) is 1. The number of nitrogens with one attached hydrogen (secondary N) is 1. The Morgan fingerprint density at radius 2 is 1.79 bits per heavy atom. The Kier molecular flexibility index (Phi) is 4.93. The third-order valence-corrected chi connectivity index (χ3v) is 6.56. The van der Waals surface area contributed by atoms with Crippen LogP contribution < -0.4 is 5.32 Å². The van der Waals surface area contributed by atoms with Gasteiger partial charge < -0.3 is 5.32 Å². The predicted octanol–water partition coefficient (Wildman–Crippen LogP) is 4.71. The zero-order valence-electron chi connectivity index (χ0n) is 13.6. The summed E-state index contributed by atoms with van der Waals surface area (Å²) in [6, 6.07) is 1.50. The Morgan fingerprint density at radius 3 is 2.42 bits per heavy atom. The van der Waals surface area contributed by atoms with Crippen LogP contribution in [0.5, 0.6) is 0 Å². The van der Waals surface area contributed by atoms with Gasteiger partial charge in [-0.1, -0.05) is 47.5 Å². The Morgan fingerprint density at radius 1 is 1.11 bits per heavy atom. The van der Waals surface area contributed by atoms with Gasteiger partial charge in [0.15, 0.2) is 0 Å². The van der Waals surface area contributed by atoms with Crippen molar-refractivity contribution >= 4 is 11.8 Å². The molecule has 0 aromatic carbocycles. The molecule has 0 aromatic heterocycles. The highest BCUT2D eigenvalue weighted by Gasteiger charge is 2.36. The van der Waals surface area contributed by atoms with Gasteiger partial charge in [0.05, 0.1) is 0 Å². The molecule has 1 aliphatic carbocycles. The van der Waals surface area contributed by atoms with E-state index in [1.54, 1.807) is 0 Å². The van der Waals surface area contributed by atoms with E-state index in [-0.39, 0.29) is 0 Å². The van der Waals surface area contributed by atoms with E-state index in [0.29, 0.717) is 10.8 Å². The van der Waals surface area contributed by atoms with Crippen LogP contribution in [-0.2, 0) is 0 Å². The maximum Gasteiger partial charge on any atom is 0.0166 e. The van der Waals surface area contributed by atoms with Crippen molar-refractivity contribution < 1.29 is 0 Å². The average Bonchev–Trinajstić information content (AvgIpc) is 2.26. The fraction of sp³-hybridized carbons (Fsp3) is 1.00. The van der Waals surface area contributed by atoms with Crippen LogP contribution in [0, 0.1) is 16.7 Å². The van der Waals surface area contributed by atoms with Crippen LogP contribution in [0.1, 0.15) is 66.7 Å². The topological polar surface area (TPSA) is 12.0 Å². The Balaban J connectivity index is 1.96. The molecule has 1 saturated heterocycles. The quantitative estimate of drug-likeness (QED) is 0.787. The number of thioether (sulfide) groups is 1. The molecule has 0 amide bonds. The molecule has 2 rings (SSSR count). The molecule has 1 nitrogen and oxygen atoms in total. The fourth-order valence-corrected chi connectivity index (χ4v) is 5.33. The van der Waals surface area contributed by atoms with E-state index in [4.69, 9.17) is 0 Å². The van der Waals surface area contributed by atoms with E-state index in [0.717, 1.165) is 18.0 Å². The lowest BCUT2D eigenvalue weighted by molar-refractivity contribution is 0.119. The molecule has 1 saturated carbocycles. The molecule has 2 heteroatoms. The van der Waals surface area contributed by atoms with Crippen LogP contribution in [-0.4, -0.2) is 23.6 Å². The van der Waals surface area contributed by atoms with Crippen molar-refractivity contribution in [2.75, 3.05) is 11.5 Å². The summed E-state index contributed by atoms with van der Waals surface area (Å²) in [5, 5.41) is 4.05. The van der Waals surface area contributed by atoms with Crippen molar-refractivity contribution in [3.8, 4) is 0 Å². The summed E-state index contributed by atoms with van der Waals surface area (Å²) in [4.78, 5) is 0. The first kappa shape index (κ1) is 15.7. The van der Waals surface area contributed by atoms with Crippen LogP contribution in [0.15, 0.2) is 0 Å². The predicted molar refractivity (Wildman–Crippen MR) is 87.8 cm³/mol. The van der Waals surface area contributed by atoms with Gasteiger partial charge in [-0.05, 0) is 41.8 Å². The highest BCUT2D eigenvalue weighted by Crippen LogP contribution is 2.40. The highest BCUT2D eigenvalue weighted by atomic mass is 32.2. The first-order valence-corrected chi connectivity index (χ1v) is 9.27. The van der Waals surface area contributed by atoms with E-state index < -0.39 is 0 Å². The summed E-state index contributed by atoms with van der Waals surface area (Å²) in [5.41, 5.74) is 0.974. The normalized spacial score (nSPS) is 36.2. The second kappa shape index (κ2) is 5.97. The minimum absolute atomic E-state index is 0.454. The molecule has 3 unspecified atom stereocenters. The van der Waals surface area contributed by atoms with Crippen molar-refractivity contribution in [2.24, 2.45) is 16.7 Å². The maximum absolute atomic E-state index is 4.05. The first-order chi connectivity index (χ1) is 8.78. The largest absolute Gasteiger partial charge is 0.310 e. The lowest BCUT2D eigenvalue weighted by atomic mass is 9.69. The molecule has 112 valence electrons. The second-order valence-electron chi connectivity index (χ2n) is 8.61. The van der Waals surface area contributed by atoms with Crippen molar-refractivity contribution in [1.29, 1.82) is 0 Å². The molecular weight excluding hydrogens is 250 g/mol. The van der Waals surface area contributed by atoms with Gasteiger partial charge in [-0.25, -0.2) is 0 Å². The summed E-state index contributed by atoms with van der Waals surface area (Å²) in [5.74, 6) is 3.51. The Bertz CT molecular complexity index is 292. The lowest BCUT2D eigenvalue weighted by Crippen LogP contribution is -2.51. The van der Waals surface area contributed by atoms with Crippen LogP contribution in [0.2, 0.25) is 0 Å². The minimum Gasteiger partial charge on any atom is -0.310 e. The molecular formula is C17H33NS. The van der Waals surface area contributed by atoms with Gasteiger partial charge in [0.1, 0.15) is 0 Å². The molecule has 1 N–H and O–H groups in total. The molecule has 2 aliphatic rings. The molecule has 0 spiro atoms. The van der Waals surface area contributed by atoms with Gasteiger partial charge in [0.2, 0.25) is 0 Å². The standard InChI is InChI=1S/C17H33NS/c1-16(2,3)14-8-6-7-9-15(14)18-13-10-17(4,5)12-19-11-13/h13-15,18H,6-12H2,1-5H3. The van der Waals surface area contributed by atoms with Crippen molar-refractivity contribution in [2.45, 2.75) is 78.8 Å². The maximum atomic E-state index is 4.05. The molecule has 0 radical (unpaired) electrons. The number of rotatable bonds is 2. The second-order valence-corrected chi connectivity index (χ2v) is 9.64. The van der Waals surface area contributed by atoms with Crippen LogP contribution in [0.25, 0.3) is 0 Å². The van der Waals surface area contributed by atoms with E-state index in [1.807, 2.05) is 0 Å². The minimum atomic E-state index is 0.454. The summed E-state index contributed by atoms with van der Waals surface area (Å²) in [6.07, 6.45) is 7.03. The summed E-state index contributed by atoms with van der Waals surface area (Å²) < 4.78 is 0. The zero-order valence-corrected chi connectivity index (χ0v) is 14.4. The van der Waals surface area contributed by atoms with Gasteiger partial charge in [-0.3, -0.25) is 0 Å². The SMILES string of the molecule is CC1(C)CSCC(NC2CCCCC2C(C)(C)C)C1. The molecule has 3 atom stereocenters. The first-order valence-electron chi connectivity index (χ1n) is 8.12. The molecule has 1 heterocycles. The molecule has 1 aliphatic heterocycles. The fourth-order valence-electron chi connectivity index (χ4n) is 4.04. The van der Waals surface area contributed by atoms with Crippen molar-refractivity contribution in [1.82, 2.24) is 5.32 Å². The molecule has 0 aromatic rings. The highest BCUT2D eigenvalue weighted by molar-refractivity contribution is 7.99. The summed E-state index contributed by atoms with van der Waals surface area (Å²) in [6.45, 7) is 12.1.